The first-order chi connectivity index (χ1) is 9.28. The van der Waals surface area contributed by atoms with Crippen molar-refractivity contribution in [3.05, 3.63) is 23.7 Å². The number of carbonyl (C=O) groups is 1. The van der Waals surface area contributed by atoms with Crippen molar-refractivity contribution in [3.63, 3.8) is 0 Å². The lowest BCUT2D eigenvalue weighted by Crippen LogP contribution is -2.08. The zero-order valence-corrected chi connectivity index (χ0v) is 11.7. The van der Waals surface area contributed by atoms with E-state index in [1.165, 1.54) is 13.8 Å². The molecule has 5 nitrogen and oxygen atoms in total. The van der Waals surface area contributed by atoms with E-state index in [9.17, 15) is 22.5 Å². The fraction of sp³-hybridized carbons (Fsp3) is 0.545. The minimum atomic E-state index is -4.69. The summed E-state index contributed by atoms with van der Waals surface area (Å²) < 4.78 is 64.1. The summed E-state index contributed by atoms with van der Waals surface area (Å²) in [5.74, 6) is -1.68. The molecule has 1 aromatic rings. The molecule has 1 heterocycles. The van der Waals surface area contributed by atoms with Gasteiger partial charge in [0.2, 0.25) is 5.76 Å². The lowest BCUT2D eigenvalue weighted by atomic mass is 10.3. The lowest BCUT2D eigenvalue weighted by Gasteiger charge is -2.20. The van der Waals surface area contributed by atoms with Gasteiger partial charge < -0.3 is 18.3 Å². The zero-order valence-electron chi connectivity index (χ0n) is 10.8. The molecule has 1 rings (SSSR count). The van der Waals surface area contributed by atoms with Crippen LogP contribution in [0.2, 0.25) is 0 Å². The fourth-order valence-corrected chi connectivity index (χ4v) is 3.23. The van der Waals surface area contributed by atoms with Gasteiger partial charge in [-0.25, -0.2) is 0 Å². The Morgan fingerprint density at radius 2 is 1.85 bits per heavy atom. The Balaban J connectivity index is 3.14. The molecule has 9 heteroatoms. The van der Waals surface area contributed by atoms with E-state index >= 15 is 0 Å². The third-order valence-electron chi connectivity index (χ3n) is 2.29. The third kappa shape index (κ3) is 3.71. The van der Waals surface area contributed by atoms with Crippen molar-refractivity contribution < 1.29 is 36.0 Å². The highest BCUT2D eigenvalue weighted by atomic mass is 31.2. The Morgan fingerprint density at radius 1 is 1.30 bits per heavy atom. The first kappa shape index (κ1) is 16.9. The molecule has 0 aliphatic rings. The molecule has 0 saturated heterocycles. The normalized spacial score (nSPS) is 14.2. The van der Waals surface area contributed by atoms with Gasteiger partial charge in [-0.2, -0.15) is 13.2 Å². The smallest absolute Gasteiger partial charge is 0.449 e. The molecule has 0 aliphatic carbocycles. The summed E-state index contributed by atoms with van der Waals surface area (Å²) in [6, 6.07) is 1.60. The maximum Gasteiger partial charge on any atom is 0.449 e. The van der Waals surface area contributed by atoms with Crippen LogP contribution in [0.15, 0.2) is 16.5 Å². The molecular formula is C11H14F3O5P. The van der Waals surface area contributed by atoms with Crippen LogP contribution in [-0.4, -0.2) is 19.5 Å². The summed E-state index contributed by atoms with van der Waals surface area (Å²) in [5, 5.41) is 0. The fourth-order valence-electron chi connectivity index (χ4n) is 1.52. The van der Waals surface area contributed by atoms with Crippen molar-refractivity contribution in [1.29, 1.82) is 0 Å². The number of hydrogen-bond donors (Lipinski definition) is 0. The lowest BCUT2D eigenvalue weighted by molar-refractivity contribution is -0.153. The molecule has 0 radical (unpaired) electrons. The van der Waals surface area contributed by atoms with Crippen LogP contribution in [0, 0.1) is 0 Å². The monoisotopic (exact) mass is 314 g/mol. The zero-order chi connectivity index (χ0) is 15.4. The van der Waals surface area contributed by atoms with Crippen LogP contribution in [0.4, 0.5) is 13.2 Å². The molecule has 20 heavy (non-hydrogen) atoms. The van der Waals surface area contributed by atoms with Crippen LogP contribution < -0.4 is 0 Å². The van der Waals surface area contributed by atoms with E-state index in [0.29, 0.717) is 6.07 Å². The standard InChI is InChI=1S/C11H14F3O5P/c1-3-17-20(16,18-4-2)9(7-15)8-5-6-10(19-8)11(12,13)14/h5-7,9H,3-4H2,1-2H3. The van der Waals surface area contributed by atoms with Gasteiger partial charge in [0.25, 0.3) is 0 Å². The molecule has 0 saturated carbocycles. The van der Waals surface area contributed by atoms with Crippen LogP contribution in [0.5, 0.6) is 0 Å². The van der Waals surface area contributed by atoms with Crippen LogP contribution in [0.25, 0.3) is 0 Å². The first-order valence-electron chi connectivity index (χ1n) is 5.79. The molecule has 1 atom stereocenters. The van der Waals surface area contributed by atoms with E-state index in [4.69, 9.17) is 9.05 Å². The number of aldehydes is 1. The second-order valence-electron chi connectivity index (χ2n) is 3.66. The highest BCUT2D eigenvalue weighted by molar-refractivity contribution is 7.55. The number of alkyl halides is 3. The molecule has 0 bridgehead atoms. The second-order valence-corrected chi connectivity index (χ2v) is 5.81. The van der Waals surface area contributed by atoms with Gasteiger partial charge in [-0.1, -0.05) is 0 Å². The van der Waals surface area contributed by atoms with Crippen molar-refractivity contribution in [2.45, 2.75) is 25.7 Å². The predicted octanol–water partition coefficient (Wildman–Crippen LogP) is 3.80. The van der Waals surface area contributed by atoms with Crippen LogP contribution in [-0.2, 0) is 24.6 Å². The summed E-state index contributed by atoms with van der Waals surface area (Å²) in [7, 11) is -3.92. The summed E-state index contributed by atoms with van der Waals surface area (Å²) in [4.78, 5) is 11.1. The quantitative estimate of drug-likeness (QED) is 0.565. The summed E-state index contributed by atoms with van der Waals surface area (Å²) in [5.41, 5.74) is -1.53. The maximum absolute atomic E-state index is 12.4. The van der Waals surface area contributed by atoms with Gasteiger partial charge in [0, 0.05) is 0 Å². The molecule has 0 N–H and O–H groups in total. The number of hydrogen-bond acceptors (Lipinski definition) is 5. The molecule has 0 amide bonds. The number of rotatable bonds is 7. The Morgan fingerprint density at radius 3 is 2.20 bits per heavy atom. The average Bonchev–Trinajstić information content (AvgIpc) is 2.79. The second kappa shape index (κ2) is 6.56. The maximum atomic E-state index is 12.4. The van der Waals surface area contributed by atoms with E-state index in [0.717, 1.165) is 6.07 Å². The van der Waals surface area contributed by atoms with Crippen molar-refractivity contribution >= 4 is 13.9 Å². The van der Waals surface area contributed by atoms with E-state index in [-0.39, 0.29) is 19.5 Å². The Labute approximate surface area is 113 Å². The molecular weight excluding hydrogens is 300 g/mol. The Kier molecular flexibility index (Phi) is 5.56. The molecule has 0 aromatic carbocycles. The van der Waals surface area contributed by atoms with Crippen LogP contribution >= 0.6 is 7.60 Å². The molecule has 0 fully saturated rings. The highest BCUT2D eigenvalue weighted by Crippen LogP contribution is 2.60. The van der Waals surface area contributed by atoms with Crippen LogP contribution in [0.3, 0.4) is 0 Å². The van der Waals surface area contributed by atoms with Crippen molar-refractivity contribution in [1.82, 2.24) is 0 Å². The van der Waals surface area contributed by atoms with E-state index in [1.54, 1.807) is 0 Å². The number of halogens is 3. The van der Waals surface area contributed by atoms with Crippen molar-refractivity contribution in [3.8, 4) is 0 Å². The molecule has 0 aliphatic heterocycles. The molecule has 114 valence electrons. The summed E-state index contributed by atoms with van der Waals surface area (Å²) >= 11 is 0. The van der Waals surface area contributed by atoms with E-state index < -0.39 is 31.0 Å². The summed E-state index contributed by atoms with van der Waals surface area (Å²) in [6.45, 7) is 3.01. The van der Waals surface area contributed by atoms with E-state index in [1.807, 2.05) is 0 Å². The van der Waals surface area contributed by atoms with Gasteiger partial charge >= 0.3 is 13.8 Å². The predicted molar refractivity (Wildman–Crippen MR) is 63.4 cm³/mol. The minimum absolute atomic E-state index is 0.0194. The Hall–Kier alpha value is -1.11. The van der Waals surface area contributed by atoms with Crippen molar-refractivity contribution in [2.75, 3.05) is 13.2 Å². The van der Waals surface area contributed by atoms with Gasteiger partial charge in [0.15, 0.2) is 5.66 Å². The Bertz CT molecular complexity index is 486. The molecule has 1 aromatic heterocycles. The third-order valence-corrected chi connectivity index (χ3v) is 4.58. The van der Waals surface area contributed by atoms with Gasteiger partial charge in [-0.3, -0.25) is 4.57 Å². The topological polar surface area (TPSA) is 65.7 Å². The molecule has 1 unspecified atom stereocenters. The SMILES string of the molecule is CCOP(=O)(OCC)C(C=O)c1ccc(C(F)(F)F)o1. The van der Waals surface area contributed by atoms with Gasteiger partial charge in [0.05, 0.1) is 13.2 Å². The number of furan rings is 1. The van der Waals surface area contributed by atoms with Gasteiger partial charge in [0.1, 0.15) is 12.0 Å². The largest absolute Gasteiger partial charge is 0.455 e. The van der Waals surface area contributed by atoms with Crippen molar-refractivity contribution in [2.24, 2.45) is 0 Å². The van der Waals surface area contributed by atoms with Gasteiger partial charge in [-0.15, -0.1) is 0 Å². The minimum Gasteiger partial charge on any atom is -0.455 e. The average molecular weight is 314 g/mol. The summed E-state index contributed by atoms with van der Waals surface area (Å²) in [6.07, 6.45) is -4.49. The highest BCUT2D eigenvalue weighted by Gasteiger charge is 2.41. The van der Waals surface area contributed by atoms with Crippen LogP contribution in [0.1, 0.15) is 31.0 Å². The number of carbonyl (C=O) groups excluding carboxylic acids is 1. The molecule has 0 spiro atoms. The first-order valence-corrected chi connectivity index (χ1v) is 7.40. The van der Waals surface area contributed by atoms with Gasteiger partial charge in [-0.05, 0) is 26.0 Å². The van der Waals surface area contributed by atoms with E-state index in [2.05, 4.69) is 4.42 Å².